The molecule has 0 amide bonds. The SMILES string of the molecule is CCOC(=O)C(C)NP(=O)(COCCn1cnc2c(NC(C)CC)nc(N)nc21)NC(C)C(=O)OCC. The van der Waals surface area contributed by atoms with Crippen molar-refractivity contribution in [3.05, 3.63) is 6.33 Å². The van der Waals surface area contributed by atoms with Crippen LogP contribution in [0.15, 0.2) is 6.33 Å². The number of hydrogen-bond acceptors (Lipinski definition) is 11. The number of hydrogen-bond donors (Lipinski definition) is 4. The fraction of sp³-hybridized carbons (Fsp3) is 0.682. The second-order valence-corrected chi connectivity index (χ2v) is 10.7. The molecule has 0 radical (unpaired) electrons. The van der Waals surface area contributed by atoms with Gasteiger partial charge in [0.1, 0.15) is 18.4 Å². The summed E-state index contributed by atoms with van der Waals surface area (Å²) in [5.74, 6) is -0.482. The third kappa shape index (κ3) is 8.92. The van der Waals surface area contributed by atoms with E-state index in [0.717, 1.165) is 6.42 Å². The number of aromatic nitrogens is 4. The topological polar surface area (TPSA) is 185 Å². The van der Waals surface area contributed by atoms with Crippen LogP contribution in [-0.4, -0.2) is 75.8 Å². The highest BCUT2D eigenvalue weighted by atomic mass is 31.2. The minimum Gasteiger partial charge on any atom is -0.465 e. The van der Waals surface area contributed by atoms with Crippen molar-refractivity contribution in [1.82, 2.24) is 29.7 Å². The summed E-state index contributed by atoms with van der Waals surface area (Å²) in [5.41, 5.74) is 7.02. The largest absolute Gasteiger partial charge is 0.465 e. The van der Waals surface area contributed by atoms with E-state index in [4.69, 9.17) is 19.9 Å². The summed E-state index contributed by atoms with van der Waals surface area (Å²) >= 11 is 0. The highest BCUT2D eigenvalue weighted by Gasteiger charge is 2.32. The molecule has 3 unspecified atom stereocenters. The molecular formula is C22H39N8O6P. The maximum atomic E-state index is 13.6. The van der Waals surface area contributed by atoms with Gasteiger partial charge in [-0.3, -0.25) is 14.2 Å². The molecule has 2 rings (SSSR count). The minimum atomic E-state index is -3.58. The van der Waals surface area contributed by atoms with Crippen molar-refractivity contribution in [2.24, 2.45) is 0 Å². The monoisotopic (exact) mass is 542 g/mol. The zero-order valence-corrected chi connectivity index (χ0v) is 23.2. The van der Waals surface area contributed by atoms with Gasteiger partial charge < -0.3 is 29.8 Å². The number of nitrogens with one attached hydrogen (secondary N) is 3. The molecule has 3 atom stereocenters. The number of carbonyl (C=O) groups is 2. The van der Waals surface area contributed by atoms with Crippen LogP contribution >= 0.6 is 7.44 Å². The Morgan fingerprint density at radius 2 is 1.65 bits per heavy atom. The van der Waals surface area contributed by atoms with Crippen LogP contribution in [0.5, 0.6) is 0 Å². The van der Waals surface area contributed by atoms with Crippen molar-refractivity contribution in [2.45, 2.75) is 72.6 Å². The molecule has 2 aromatic heterocycles. The number of ether oxygens (including phenoxy) is 3. The zero-order chi connectivity index (χ0) is 27.6. The molecule has 2 aromatic rings. The van der Waals surface area contributed by atoms with Gasteiger partial charge in [-0.15, -0.1) is 0 Å². The van der Waals surface area contributed by atoms with Gasteiger partial charge in [0.2, 0.25) is 13.4 Å². The van der Waals surface area contributed by atoms with Crippen LogP contribution in [0, 0.1) is 0 Å². The predicted octanol–water partition coefficient (Wildman–Crippen LogP) is 1.87. The first kappa shape index (κ1) is 30.4. The molecule has 0 spiro atoms. The summed E-state index contributed by atoms with van der Waals surface area (Å²) in [6, 6.07) is -1.62. The van der Waals surface area contributed by atoms with E-state index in [1.165, 1.54) is 13.8 Å². The Hall–Kier alpha value is -2.80. The van der Waals surface area contributed by atoms with E-state index in [2.05, 4.69) is 37.4 Å². The molecule has 37 heavy (non-hydrogen) atoms. The Morgan fingerprint density at radius 3 is 2.19 bits per heavy atom. The second kappa shape index (κ2) is 14.2. The molecule has 2 heterocycles. The summed E-state index contributed by atoms with van der Waals surface area (Å²) in [7, 11) is -3.58. The number of esters is 2. The number of nitrogens with two attached hydrogens (primary N) is 1. The summed E-state index contributed by atoms with van der Waals surface area (Å²) in [6.45, 7) is 11.3. The van der Waals surface area contributed by atoms with Crippen molar-refractivity contribution in [3.63, 3.8) is 0 Å². The third-order valence-corrected chi connectivity index (χ3v) is 7.47. The fourth-order valence-corrected chi connectivity index (χ4v) is 5.37. The molecular weight excluding hydrogens is 503 g/mol. The van der Waals surface area contributed by atoms with E-state index in [1.807, 2.05) is 6.92 Å². The summed E-state index contributed by atoms with van der Waals surface area (Å²) in [5, 5.41) is 8.76. The van der Waals surface area contributed by atoms with Crippen LogP contribution in [0.2, 0.25) is 0 Å². The first-order chi connectivity index (χ1) is 17.5. The van der Waals surface area contributed by atoms with Gasteiger partial charge in [-0.1, -0.05) is 6.92 Å². The molecule has 14 nitrogen and oxygen atoms in total. The molecule has 0 aliphatic heterocycles. The Kier molecular flexibility index (Phi) is 11.7. The lowest BCUT2D eigenvalue weighted by Crippen LogP contribution is -2.42. The number of imidazole rings is 1. The molecule has 15 heteroatoms. The molecule has 0 aliphatic rings. The Morgan fingerprint density at radius 1 is 1.05 bits per heavy atom. The van der Waals surface area contributed by atoms with Gasteiger partial charge in [0, 0.05) is 12.6 Å². The van der Waals surface area contributed by atoms with Gasteiger partial charge in [0.05, 0.1) is 26.1 Å². The smallest absolute Gasteiger partial charge is 0.323 e. The normalized spacial score (nSPS) is 15.5. The van der Waals surface area contributed by atoms with Crippen LogP contribution in [-0.2, 0) is 34.9 Å². The Labute approximate surface area is 216 Å². The fourth-order valence-electron chi connectivity index (χ4n) is 3.29. The number of fused-ring (bicyclic) bond motifs is 1. The molecule has 0 bridgehead atoms. The maximum absolute atomic E-state index is 13.6. The van der Waals surface area contributed by atoms with Crippen LogP contribution < -0.4 is 21.2 Å². The molecule has 0 aliphatic carbocycles. The van der Waals surface area contributed by atoms with E-state index in [0.29, 0.717) is 23.5 Å². The lowest BCUT2D eigenvalue weighted by atomic mass is 10.2. The number of nitrogens with zero attached hydrogens (tertiary/aromatic N) is 4. The minimum absolute atomic E-state index is 0.111. The zero-order valence-electron chi connectivity index (χ0n) is 22.3. The van der Waals surface area contributed by atoms with Gasteiger partial charge in [-0.05, 0) is 41.0 Å². The summed E-state index contributed by atoms with van der Waals surface area (Å²) in [6.07, 6.45) is 2.20. The second-order valence-electron chi connectivity index (χ2n) is 8.48. The average molecular weight is 543 g/mol. The Bertz CT molecular complexity index is 1070. The van der Waals surface area contributed by atoms with Crippen LogP contribution in [0.4, 0.5) is 11.8 Å². The van der Waals surface area contributed by atoms with Crippen molar-refractivity contribution >= 4 is 42.3 Å². The van der Waals surface area contributed by atoms with Gasteiger partial charge >= 0.3 is 11.9 Å². The highest BCUT2D eigenvalue weighted by Crippen LogP contribution is 2.37. The van der Waals surface area contributed by atoms with Crippen molar-refractivity contribution in [2.75, 3.05) is 37.2 Å². The van der Waals surface area contributed by atoms with E-state index in [-0.39, 0.29) is 38.2 Å². The summed E-state index contributed by atoms with van der Waals surface area (Å²) in [4.78, 5) is 37.1. The van der Waals surface area contributed by atoms with Gasteiger partial charge in [0.15, 0.2) is 17.0 Å². The third-order valence-electron chi connectivity index (χ3n) is 5.31. The van der Waals surface area contributed by atoms with E-state index < -0.39 is 31.5 Å². The maximum Gasteiger partial charge on any atom is 0.323 e. The molecule has 5 N–H and O–H groups in total. The van der Waals surface area contributed by atoms with E-state index >= 15 is 0 Å². The molecule has 0 saturated carbocycles. The number of anilines is 2. The van der Waals surface area contributed by atoms with Crippen molar-refractivity contribution in [3.8, 4) is 0 Å². The lowest BCUT2D eigenvalue weighted by Gasteiger charge is -2.26. The van der Waals surface area contributed by atoms with Gasteiger partial charge in [-0.25, -0.2) is 15.2 Å². The molecule has 208 valence electrons. The highest BCUT2D eigenvalue weighted by molar-refractivity contribution is 7.59. The van der Waals surface area contributed by atoms with Crippen molar-refractivity contribution in [1.29, 1.82) is 0 Å². The first-order valence-corrected chi connectivity index (χ1v) is 14.2. The number of carbonyl (C=O) groups excluding carboxylic acids is 2. The van der Waals surface area contributed by atoms with Crippen LogP contribution in [0.1, 0.15) is 48.0 Å². The molecule has 0 saturated heterocycles. The molecule has 0 aromatic carbocycles. The van der Waals surface area contributed by atoms with Crippen LogP contribution in [0.3, 0.4) is 0 Å². The predicted molar refractivity (Wildman–Crippen MR) is 140 cm³/mol. The standard InChI is InChI=1S/C22H39N8O6P/c1-7-14(4)25-18-17-19(27-22(23)26-18)30(12-24-17)10-11-34-13-37(33,28-15(5)20(31)35-8-2)29-16(6)21(32)36-9-3/h12,14-16H,7-11,13H2,1-6H3,(H2,28,29,33)(H3,23,25,26,27). The van der Waals surface area contributed by atoms with E-state index in [1.54, 1.807) is 24.7 Å². The van der Waals surface area contributed by atoms with Gasteiger partial charge in [0.25, 0.3) is 0 Å². The van der Waals surface area contributed by atoms with Gasteiger partial charge in [-0.2, -0.15) is 9.97 Å². The van der Waals surface area contributed by atoms with Crippen LogP contribution in [0.25, 0.3) is 11.2 Å². The molecule has 0 fully saturated rings. The van der Waals surface area contributed by atoms with E-state index in [9.17, 15) is 14.2 Å². The lowest BCUT2D eigenvalue weighted by molar-refractivity contribution is -0.145. The first-order valence-electron chi connectivity index (χ1n) is 12.3. The average Bonchev–Trinajstić information content (AvgIpc) is 3.24. The summed E-state index contributed by atoms with van der Waals surface area (Å²) < 4.78 is 31.1. The number of rotatable bonds is 16. The quantitative estimate of drug-likeness (QED) is 0.137. The van der Waals surface area contributed by atoms with Crippen molar-refractivity contribution < 1.29 is 28.4 Å². The Balaban J connectivity index is 2.10. The number of nitrogen functional groups attached to an aromatic ring is 1.